The highest BCUT2D eigenvalue weighted by molar-refractivity contribution is 6.32. The molecule has 1 heterocycles. The van der Waals surface area contributed by atoms with E-state index in [1.165, 1.54) is 18.3 Å². The Balaban J connectivity index is 1.54. The molecule has 0 saturated heterocycles. The second kappa shape index (κ2) is 8.34. The molecule has 0 atom stereocenters. The molecule has 0 aliphatic rings. The number of hydrogen-bond acceptors (Lipinski definition) is 4. The van der Waals surface area contributed by atoms with Crippen molar-refractivity contribution in [2.75, 3.05) is 0 Å². The van der Waals surface area contributed by atoms with E-state index in [-0.39, 0.29) is 12.4 Å². The Hall–Kier alpha value is -3.71. The fourth-order valence-corrected chi connectivity index (χ4v) is 3.08. The highest BCUT2D eigenvalue weighted by atomic mass is 35.5. The van der Waals surface area contributed by atoms with Gasteiger partial charge >= 0.3 is 5.69 Å². The van der Waals surface area contributed by atoms with Crippen molar-refractivity contribution in [1.82, 2.24) is 9.66 Å². The van der Waals surface area contributed by atoms with E-state index in [2.05, 4.69) is 10.1 Å². The predicted octanol–water partition coefficient (Wildman–Crippen LogP) is 3.94. The SMILES string of the molecule is O=c1[nH]c2ccccc2c(=O)n1N=Cc1ccc(OCc2ccc(F)cc2)c(Cl)c1. The van der Waals surface area contributed by atoms with Crippen LogP contribution in [0.3, 0.4) is 0 Å². The van der Waals surface area contributed by atoms with E-state index in [0.717, 1.165) is 10.2 Å². The maximum absolute atomic E-state index is 13.0. The van der Waals surface area contributed by atoms with Crippen molar-refractivity contribution in [2.45, 2.75) is 6.61 Å². The Bertz CT molecular complexity index is 1360. The summed E-state index contributed by atoms with van der Waals surface area (Å²) >= 11 is 6.26. The maximum atomic E-state index is 13.0. The van der Waals surface area contributed by atoms with Gasteiger partial charge in [0.15, 0.2) is 0 Å². The van der Waals surface area contributed by atoms with Crippen LogP contribution in [0.1, 0.15) is 11.1 Å². The molecule has 4 aromatic rings. The molecule has 0 radical (unpaired) electrons. The van der Waals surface area contributed by atoms with E-state index in [4.69, 9.17) is 16.3 Å². The highest BCUT2D eigenvalue weighted by Crippen LogP contribution is 2.26. The zero-order valence-corrected chi connectivity index (χ0v) is 16.3. The van der Waals surface area contributed by atoms with Crippen LogP contribution in [0.4, 0.5) is 4.39 Å². The summed E-state index contributed by atoms with van der Waals surface area (Å²) in [5, 5.41) is 4.69. The minimum Gasteiger partial charge on any atom is -0.487 e. The number of para-hydroxylation sites is 1. The van der Waals surface area contributed by atoms with Gasteiger partial charge in [0.05, 0.1) is 22.1 Å². The fourth-order valence-electron chi connectivity index (χ4n) is 2.84. The van der Waals surface area contributed by atoms with Crippen molar-refractivity contribution >= 4 is 28.7 Å². The number of rotatable bonds is 5. The molecule has 1 aromatic heterocycles. The molecular formula is C22H15ClFN3O3. The Labute approximate surface area is 174 Å². The Morgan fingerprint density at radius 1 is 1.07 bits per heavy atom. The third kappa shape index (κ3) is 4.16. The number of hydrogen-bond donors (Lipinski definition) is 1. The van der Waals surface area contributed by atoms with E-state index in [0.29, 0.717) is 27.2 Å². The Morgan fingerprint density at radius 3 is 2.60 bits per heavy atom. The van der Waals surface area contributed by atoms with E-state index in [1.807, 2.05) is 0 Å². The van der Waals surface area contributed by atoms with Gasteiger partial charge in [-0.15, -0.1) is 4.68 Å². The van der Waals surface area contributed by atoms with Crippen LogP contribution in [0.5, 0.6) is 5.75 Å². The van der Waals surface area contributed by atoms with Crippen LogP contribution in [0.2, 0.25) is 5.02 Å². The summed E-state index contributed by atoms with van der Waals surface area (Å²) in [7, 11) is 0. The molecule has 0 fully saturated rings. The van der Waals surface area contributed by atoms with Gasteiger partial charge in [-0.25, -0.2) is 9.18 Å². The molecule has 6 nitrogen and oxygen atoms in total. The molecule has 150 valence electrons. The van der Waals surface area contributed by atoms with Crippen LogP contribution in [-0.2, 0) is 6.61 Å². The molecule has 0 saturated carbocycles. The predicted molar refractivity (Wildman–Crippen MR) is 114 cm³/mol. The quantitative estimate of drug-likeness (QED) is 0.494. The monoisotopic (exact) mass is 423 g/mol. The molecule has 0 unspecified atom stereocenters. The van der Waals surface area contributed by atoms with Gasteiger partial charge < -0.3 is 9.72 Å². The minimum atomic E-state index is -0.639. The zero-order valence-electron chi connectivity index (χ0n) is 15.5. The summed E-state index contributed by atoms with van der Waals surface area (Å²) < 4.78 is 19.4. The van der Waals surface area contributed by atoms with Gasteiger partial charge in [-0.3, -0.25) is 4.79 Å². The third-order valence-electron chi connectivity index (χ3n) is 4.37. The third-order valence-corrected chi connectivity index (χ3v) is 4.66. The van der Waals surface area contributed by atoms with Gasteiger partial charge in [0.1, 0.15) is 18.2 Å². The lowest BCUT2D eigenvalue weighted by Crippen LogP contribution is -2.32. The van der Waals surface area contributed by atoms with E-state index >= 15 is 0 Å². The normalized spacial score (nSPS) is 11.3. The van der Waals surface area contributed by atoms with Gasteiger partial charge in [0, 0.05) is 0 Å². The van der Waals surface area contributed by atoms with Gasteiger partial charge in [0.2, 0.25) is 0 Å². The lowest BCUT2D eigenvalue weighted by atomic mass is 10.2. The van der Waals surface area contributed by atoms with E-state index in [9.17, 15) is 14.0 Å². The van der Waals surface area contributed by atoms with Gasteiger partial charge in [-0.1, -0.05) is 35.9 Å². The maximum Gasteiger partial charge on any atom is 0.349 e. The lowest BCUT2D eigenvalue weighted by Gasteiger charge is -2.08. The van der Waals surface area contributed by atoms with Crippen molar-refractivity contribution in [3.63, 3.8) is 0 Å². The number of ether oxygens (including phenoxy) is 1. The largest absolute Gasteiger partial charge is 0.487 e. The number of H-pyrrole nitrogens is 1. The highest BCUT2D eigenvalue weighted by Gasteiger charge is 2.07. The summed E-state index contributed by atoms with van der Waals surface area (Å²) in [6.07, 6.45) is 1.36. The molecule has 30 heavy (non-hydrogen) atoms. The number of nitrogens with one attached hydrogen (secondary N) is 1. The first kappa shape index (κ1) is 19.6. The van der Waals surface area contributed by atoms with Crippen molar-refractivity contribution in [2.24, 2.45) is 5.10 Å². The van der Waals surface area contributed by atoms with Crippen LogP contribution in [0, 0.1) is 5.82 Å². The number of aromatic amines is 1. The molecule has 0 amide bonds. The first-order chi connectivity index (χ1) is 14.5. The molecule has 3 aromatic carbocycles. The molecule has 1 N–H and O–H groups in total. The first-order valence-electron chi connectivity index (χ1n) is 8.96. The first-order valence-corrected chi connectivity index (χ1v) is 9.34. The minimum absolute atomic E-state index is 0.231. The average Bonchev–Trinajstić information content (AvgIpc) is 2.74. The molecule has 8 heteroatoms. The average molecular weight is 424 g/mol. The molecule has 4 rings (SSSR count). The van der Waals surface area contributed by atoms with E-state index in [1.54, 1.807) is 54.6 Å². The molecule has 0 aliphatic carbocycles. The van der Waals surface area contributed by atoms with Crippen LogP contribution < -0.4 is 16.0 Å². The van der Waals surface area contributed by atoms with Crippen LogP contribution in [0.15, 0.2) is 81.4 Å². The standard InChI is InChI=1S/C22H15ClFN3O3/c23-18-11-15(7-10-20(18)30-13-14-5-8-16(24)9-6-14)12-25-27-21(28)17-3-1-2-4-19(17)26-22(27)29/h1-12H,13H2,(H,26,29). The molecule has 0 spiro atoms. The van der Waals surface area contributed by atoms with Crippen LogP contribution in [-0.4, -0.2) is 15.9 Å². The Kier molecular flexibility index (Phi) is 5.45. The van der Waals surface area contributed by atoms with Crippen molar-refractivity contribution < 1.29 is 9.13 Å². The second-order valence-corrected chi connectivity index (χ2v) is 6.85. The van der Waals surface area contributed by atoms with Crippen LogP contribution in [0.25, 0.3) is 10.9 Å². The van der Waals surface area contributed by atoms with E-state index < -0.39 is 11.2 Å². The fraction of sp³-hybridized carbons (Fsp3) is 0.0455. The Morgan fingerprint density at radius 2 is 1.83 bits per heavy atom. The number of halogens is 2. The summed E-state index contributed by atoms with van der Waals surface area (Å²) in [6, 6.07) is 17.6. The number of aromatic nitrogens is 2. The molecule has 0 aliphatic heterocycles. The summed E-state index contributed by atoms with van der Waals surface area (Å²) in [6.45, 7) is 0.231. The molecular weight excluding hydrogens is 409 g/mol. The summed E-state index contributed by atoms with van der Waals surface area (Å²) in [5.41, 5.74) is 0.669. The lowest BCUT2D eigenvalue weighted by molar-refractivity contribution is 0.306. The number of nitrogens with zero attached hydrogens (tertiary/aromatic N) is 2. The molecule has 0 bridgehead atoms. The van der Waals surface area contributed by atoms with Gasteiger partial charge in [0.25, 0.3) is 5.56 Å². The summed E-state index contributed by atoms with van der Waals surface area (Å²) in [5.74, 6) is 0.128. The van der Waals surface area contributed by atoms with Crippen molar-refractivity contribution in [3.8, 4) is 5.75 Å². The summed E-state index contributed by atoms with van der Waals surface area (Å²) in [4.78, 5) is 27.3. The van der Waals surface area contributed by atoms with Gasteiger partial charge in [-0.05, 0) is 53.6 Å². The second-order valence-electron chi connectivity index (χ2n) is 6.44. The van der Waals surface area contributed by atoms with Gasteiger partial charge in [-0.2, -0.15) is 5.10 Å². The number of benzene rings is 3. The zero-order chi connectivity index (χ0) is 21.1. The smallest absolute Gasteiger partial charge is 0.349 e. The van der Waals surface area contributed by atoms with Crippen molar-refractivity contribution in [1.29, 1.82) is 0 Å². The van der Waals surface area contributed by atoms with Crippen molar-refractivity contribution in [3.05, 3.63) is 110 Å². The van der Waals surface area contributed by atoms with Crippen LogP contribution >= 0.6 is 11.6 Å². The topological polar surface area (TPSA) is 76.5 Å². The number of fused-ring (bicyclic) bond motifs is 1.